The maximum atomic E-state index is 11.3. The Morgan fingerprint density at radius 2 is 2.05 bits per heavy atom. The molecule has 1 fully saturated rings. The van der Waals surface area contributed by atoms with Gasteiger partial charge in [0.05, 0.1) is 0 Å². The zero-order valence-corrected chi connectivity index (χ0v) is 11.6. The lowest BCUT2D eigenvalue weighted by Gasteiger charge is -2.15. The number of carbonyl (C=O) groups is 1. The third-order valence-corrected chi connectivity index (χ3v) is 4.54. The highest BCUT2D eigenvalue weighted by atomic mass is 32.1. The number of thiophene rings is 1. The van der Waals surface area contributed by atoms with Crippen LogP contribution in [0.3, 0.4) is 0 Å². The number of nitrogens with zero attached hydrogens (tertiary/aromatic N) is 1. The Hall–Kier alpha value is -1.45. The predicted molar refractivity (Wildman–Crippen MR) is 78.3 cm³/mol. The average Bonchev–Trinajstić information content (AvgIpc) is 3.08. The molecule has 0 aliphatic carbocycles. The molecule has 0 N–H and O–H groups in total. The quantitative estimate of drug-likeness (QED) is 0.796. The Labute approximate surface area is 117 Å². The second kappa shape index (κ2) is 5.68. The molecule has 1 aliphatic heterocycles. The van der Waals surface area contributed by atoms with Crippen LogP contribution in [0.5, 0.6) is 0 Å². The van der Waals surface area contributed by atoms with Crippen molar-refractivity contribution in [3.05, 3.63) is 58.3 Å². The molecule has 19 heavy (non-hydrogen) atoms. The van der Waals surface area contributed by atoms with Crippen LogP contribution in [0.2, 0.25) is 0 Å². The second-order valence-corrected chi connectivity index (χ2v) is 5.92. The van der Waals surface area contributed by atoms with Crippen LogP contribution in [-0.2, 0) is 11.3 Å². The molecule has 1 aromatic heterocycles. The van der Waals surface area contributed by atoms with Crippen LogP contribution in [0.25, 0.3) is 0 Å². The van der Waals surface area contributed by atoms with Gasteiger partial charge in [0.15, 0.2) is 0 Å². The van der Waals surface area contributed by atoms with Gasteiger partial charge in [-0.1, -0.05) is 30.3 Å². The van der Waals surface area contributed by atoms with Gasteiger partial charge in [0.2, 0.25) is 0 Å². The summed E-state index contributed by atoms with van der Waals surface area (Å²) in [5, 5.41) is 4.27. The van der Waals surface area contributed by atoms with Gasteiger partial charge in [-0.05, 0) is 28.0 Å². The van der Waals surface area contributed by atoms with Gasteiger partial charge in [-0.3, -0.25) is 4.90 Å². The fourth-order valence-electron chi connectivity index (χ4n) is 2.86. The molecule has 2 heterocycles. The highest BCUT2D eigenvalue weighted by Gasteiger charge is 2.33. The van der Waals surface area contributed by atoms with Crippen molar-refractivity contribution >= 4 is 17.6 Å². The molecule has 3 heteroatoms. The normalized spacial score (nSPS) is 23.6. The molecule has 2 atom stereocenters. The van der Waals surface area contributed by atoms with Gasteiger partial charge < -0.3 is 4.79 Å². The van der Waals surface area contributed by atoms with Gasteiger partial charge >= 0.3 is 0 Å². The van der Waals surface area contributed by atoms with Gasteiger partial charge in [-0.2, -0.15) is 11.3 Å². The van der Waals surface area contributed by atoms with Crippen LogP contribution in [0.4, 0.5) is 0 Å². The van der Waals surface area contributed by atoms with Crippen molar-refractivity contribution in [3.8, 4) is 0 Å². The van der Waals surface area contributed by atoms with Gasteiger partial charge in [-0.25, -0.2) is 0 Å². The minimum Gasteiger partial charge on any atom is -0.303 e. The van der Waals surface area contributed by atoms with Gasteiger partial charge in [0.25, 0.3) is 0 Å². The minimum atomic E-state index is 0.137. The van der Waals surface area contributed by atoms with Crippen LogP contribution in [0, 0.1) is 5.92 Å². The standard InChI is InChI=1S/C16H17NOS/c18-11-15-9-17(8-13-4-2-1-3-5-13)10-16(15)14-6-7-19-12-14/h1-7,11-12,15-16H,8-10H2/t15-,16-/m0/s1. The molecular weight excluding hydrogens is 254 g/mol. The number of aldehydes is 1. The van der Waals surface area contributed by atoms with Crippen molar-refractivity contribution < 1.29 is 4.79 Å². The second-order valence-electron chi connectivity index (χ2n) is 5.14. The summed E-state index contributed by atoms with van der Waals surface area (Å²) in [6, 6.07) is 12.6. The van der Waals surface area contributed by atoms with Crippen molar-refractivity contribution in [1.82, 2.24) is 4.90 Å². The van der Waals surface area contributed by atoms with Gasteiger partial charge in [0.1, 0.15) is 6.29 Å². The third kappa shape index (κ3) is 2.77. The van der Waals surface area contributed by atoms with Crippen molar-refractivity contribution in [2.45, 2.75) is 12.5 Å². The van der Waals surface area contributed by atoms with Crippen LogP contribution >= 0.6 is 11.3 Å². The zero-order valence-electron chi connectivity index (χ0n) is 10.7. The fourth-order valence-corrected chi connectivity index (χ4v) is 3.59. The molecule has 98 valence electrons. The Bertz CT molecular complexity index is 523. The van der Waals surface area contributed by atoms with E-state index in [-0.39, 0.29) is 5.92 Å². The lowest BCUT2D eigenvalue weighted by atomic mass is 9.92. The van der Waals surface area contributed by atoms with Crippen LogP contribution in [-0.4, -0.2) is 24.3 Å². The van der Waals surface area contributed by atoms with Crippen molar-refractivity contribution in [1.29, 1.82) is 0 Å². The first-order valence-corrected chi connectivity index (χ1v) is 7.55. The molecule has 1 aliphatic rings. The average molecular weight is 271 g/mol. The van der Waals surface area contributed by atoms with E-state index < -0.39 is 0 Å². The van der Waals surface area contributed by atoms with Gasteiger partial charge in [0, 0.05) is 31.5 Å². The molecule has 0 radical (unpaired) electrons. The Balaban J connectivity index is 1.71. The summed E-state index contributed by atoms with van der Waals surface area (Å²) in [6.07, 6.45) is 1.13. The summed E-state index contributed by atoms with van der Waals surface area (Å²) in [5.74, 6) is 0.505. The molecule has 0 saturated carbocycles. The number of rotatable bonds is 4. The first kappa shape index (κ1) is 12.6. The zero-order chi connectivity index (χ0) is 13.1. The van der Waals surface area contributed by atoms with Crippen molar-refractivity contribution in [3.63, 3.8) is 0 Å². The molecule has 1 aromatic carbocycles. The number of hydrogen-bond acceptors (Lipinski definition) is 3. The van der Waals surface area contributed by atoms with E-state index in [9.17, 15) is 4.79 Å². The molecule has 0 bridgehead atoms. The molecule has 2 nitrogen and oxygen atoms in total. The maximum Gasteiger partial charge on any atom is 0.125 e. The Kier molecular flexibility index (Phi) is 3.76. The molecule has 0 unspecified atom stereocenters. The third-order valence-electron chi connectivity index (χ3n) is 3.84. The lowest BCUT2D eigenvalue weighted by molar-refractivity contribution is -0.111. The molecule has 3 rings (SSSR count). The fraction of sp³-hybridized carbons (Fsp3) is 0.312. The van der Waals surface area contributed by atoms with Crippen LogP contribution < -0.4 is 0 Å². The molecule has 0 amide bonds. The summed E-state index contributed by atoms with van der Waals surface area (Å²) in [6.45, 7) is 2.79. The summed E-state index contributed by atoms with van der Waals surface area (Å²) >= 11 is 1.71. The summed E-state index contributed by atoms with van der Waals surface area (Å²) in [4.78, 5) is 13.7. The number of carbonyl (C=O) groups excluding carboxylic acids is 1. The highest BCUT2D eigenvalue weighted by molar-refractivity contribution is 7.08. The molecule has 1 saturated heterocycles. The van der Waals surface area contributed by atoms with Crippen LogP contribution in [0.1, 0.15) is 17.0 Å². The van der Waals surface area contributed by atoms with E-state index in [2.05, 4.69) is 46.0 Å². The minimum absolute atomic E-state index is 0.137. The Morgan fingerprint density at radius 3 is 2.74 bits per heavy atom. The number of hydrogen-bond donors (Lipinski definition) is 0. The monoisotopic (exact) mass is 271 g/mol. The number of benzene rings is 1. The first-order chi connectivity index (χ1) is 9.36. The van der Waals surface area contributed by atoms with E-state index >= 15 is 0 Å². The molecule has 2 aromatic rings. The Morgan fingerprint density at radius 1 is 1.21 bits per heavy atom. The first-order valence-electron chi connectivity index (χ1n) is 6.60. The highest BCUT2D eigenvalue weighted by Crippen LogP contribution is 2.33. The van der Waals surface area contributed by atoms with Crippen molar-refractivity contribution in [2.75, 3.05) is 13.1 Å². The van der Waals surface area contributed by atoms with E-state index in [1.165, 1.54) is 11.1 Å². The molecular formula is C16H17NOS. The van der Waals surface area contributed by atoms with E-state index in [1.807, 2.05) is 6.07 Å². The molecule has 0 spiro atoms. The van der Waals surface area contributed by atoms with E-state index in [0.29, 0.717) is 5.92 Å². The SMILES string of the molecule is O=C[C@@H]1CN(Cc2ccccc2)C[C@H]1c1ccsc1. The number of likely N-dealkylation sites (tertiary alicyclic amines) is 1. The van der Waals surface area contributed by atoms with E-state index in [1.54, 1.807) is 11.3 Å². The maximum absolute atomic E-state index is 11.3. The largest absolute Gasteiger partial charge is 0.303 e. The smallest absolute Gasteiger partial charge is 0.125 e. The summed E-state index contributed by atoms with van der Waals surface area (Å²) in [5.41, 5.74) is 2.63. The van der Waals surface area contributed by atoms with E-state index in [4.69, 9.17) is 0 Å². The summed E-state index contributed by atoms with van der Waals surface area (Å²) in [7, 11) is 0. The topological polar surface area (TPSA) is 20.3 Å². The van der Waals surface area contributed by atoms with Crippen molar-refractivity contribution in [2.24, 2.45) is 5.92 Å². The van der Waals surface area contributed by atoms with E-state index in [0.717, 1.165) is 25.9 Å². The van der Waals surface area contributed by atoms with Gasteiger partial charge in [-0.15, -0.1) is 0 Å². The lowest BCUT2D eigenvalue weighted by Crippen LogP contribution is -2.20. The predicted octanol–water partition coefficient (Wildman–Crippen LogP) is 3.16. The van der Waals surface area contributed by atoms with Crippen LogP contribution in [0.15, 0.2) is 47.2 Å². The summed E-state index contributed by atoms with van der Waals surface area (Å²) < 4.78 is 0.